The van der Waals surface area contributed by atoms with Gasteiger partial charge in [-0.1, -0.05) is 0 Å². The lowest BCUT2D eigenvalue weighted by molar-refractivity contribution is 0.173. The Morgan fingerprint density at radius 1 is 0.392 bits per heavy atom. The van der Waals surface area contributed by atoms with E-state index < -0.39 is 0 Å². The second-order valence-electron chi connectivity index (χ2n) is 17.1. The van der Waals surface area contributed by atoms with Gasteiger partial charge in [0, 0.05) is 39.4 Å². The van der Waals surface area contributed by atoms with Gasteiger partial charge in [-0.2, -0.15) is 15.5 Å². The summed E-state index contributed by atoms with van der Waals surface area (Å²) in [5.74, 6) is 15.3. The van der Waals surface area contributed by atoms with E-state index >= 15 is 0 Å². The number of hydrogen-bond acceptors (Lipinski definition) is 22. The van der Waals surface area contributed by atoms with E-state index in [2.05, 4.69) is 40.6 Å². The van der Waals surface area contributed by atoms with E-state index in [4.69, 9.17) is 58.5 Å². The molecule has 5 aliphatic heterocycles. The molecule has 0 bridgehead atoms. The van der Waals surface area contributed by atoms with Crippen molar-refractivity contribution >= 4 is 0 Å². The standard InChI is InChI=1S/C16H12N4O4.C16H11N3O4.C14H11N3O4.C8H5NO2/c17-20-15(9-1-3-11-13(5-9)23-7-21-11)18-19-16(20)10-2-4-12-14(6-10)24-8-22-12;1-3-11-13(22-7-20-11)5-9(1)15-17-16(19-18-15)10-2-4-12-14(6-10)23-8-21-12;18-9-3-1-7(5-11(9)20)13-15-14(17-16-13)8-2-4-10(19)12(21)6-8;9-4-6-1-2-7-8(3-6)11-5-10-7/h1-6H,7-8,17H2;1-6H,7-8H2,(H,17,18,19);1-6,18-21H,(H,15,16,17);1-3H,5H2. The number of nitrogens with one attached hydrogen (secondary N) is 2. The number of nitrogens with two attached hydrogens (primary N) is 1. The van der Waals surface area contributed by atoms with Crippen molar-refractivity contribution in [1.82, 2.24) is 45.2 Å². The van der Waals surface area contributed by atoms with Crippen molar-refractivity contribution in [2.24, 2.45) is 0 Å². The van der Waals surface area contributed by atoms with Crippen LogP contribution in [-0.2, 0) is 0 Å². The third-order valence-corrected chi connectivity index (χ3v) is 12.2. The fourth-order valence-corrected chi connectivity index (χ4v) is 8.18. The maximum absolute atomic E-state index is 9.48. The zero-order valence-corrected chi connectivity index (χ0v) is 40.7. The number of nitrogen functional groups attached to an aromatic ring is 1. The summed E-state index contributed by atoms with van der Waals surface area (Å²) in [5.41, 5.74) is 4.99. The Bertz CT molecular complexity index is 3770. The number of phenols is 4. The van der Waals surface area contributed by atoms with Crippen LogP contribution in [0.4, 0.5) is 0 Å². The average Bonchev–Trinajstić information content (AvgIpc) is 4.34. The van der Waals surface area contributed by atoms with Gasteiger partial charge >= 0.3 is 0 Å². The minimum atomic E-state index is -0.263. The Labute approximate surface area is 444 Å². The number of aromatic amines is 2. The fraction of sp³-hybridized carbons (Fsp3) is 0.0926. The topological polar surface area (TPSA) is 337 Å². The summed E-state index contributed by atoms with van der Waals surface area (Å²) < 4.78 is 54.4. The molecular weight excluding hydrogens is 1030 g/mol. The highest BCUT2D eigenvalue weighted by molar-refractivity contribution is 5.70. The van der Waals surface area contributed by atoms with Crippen LogP contribution in [0, 0.1) is 11.3 Å². The smallest absolute Gasteiger partial charge is 0.231 e. The normalized spacial score (nSPS) is 13.1. The molecule has 5 aliphatic rings. The third-order valence-electron chi connectivity index (χ3n) is 12.2. The first-order valence-corrected chi connectivity index (χ1v) is 23.6. The number of benzene rings is 7. The van der Waals surface area contributed by atoms with Crippen LogP contribution in [0.1, 0.15) is 5.56 Å². The number of nitrogens with zero attached hydrogens (tertiary/aromatic N) is 8. The van der Waals surface area contributed by atoms with E-state index in [1.54, 1.807) is 30.3 Å². The average molecular weight is 1070 g/mol. The van der Waals surface area contributed by atoms with Crippen LogP contribution >= 0.6 is 0 Å². The fourth-order valence-electron chi connectivity index (χ4n) is 8.18. The van der Waals surface area contributed by atoms with E-state index in [0.29, 0.717) is 97.6 Å². The van der Waals surface area contributed by atoms with Gasteiger partial charge in [0.15, 0.2) is 115 Å². The Hall–Kier alpha value is -11.6. The summed E-state index contributed by atoms with van der Waals surface area (Å²) in [4.78, 5) is 8.78. The van der Waals surface area contributed by atoms with Crippen molar-refractivity contribution < 1.29 is 67.8 Å². The highest BCUT2D eigenvalue weighted by Gasteiger charge is 2.22. The van der Waals surface area contributed by atoms with Gasteiger partial charge in [-0.15, -0.1) is 10.2 Å². The van der Waals surface area contributed by atoms with Gasteiger partial charge in [-0.3, -0.25) is 10.2 Å². The molecule has 0 saturated carbocycles. The minimum absolute atomic E-state index is 0.219. The molecule has 10 aromatic rings. The maximum Gasteiger partial charge on any atom is 0.231 e. The number of nitriles is 1. The summed E-state index contributed by atoms with van der Waals surface area (Å²) in [5, 5.41) is 68.4. The third kappa shape index (κ3) is 9.96. The zero-order valence-electron chi connectivity index (χ0n) is 40.7. The first-order chi connectivity index (χ1) is 38.6. The first-order valence-electron chi connectivity index (χ1n) is 23.6. The highest BCUT2D eigenvalue weighted by atomic mass is 16.7. The Morgan fingerprint density at radius 2 is 0.722 bits per heavy atom. The summed E-state index contributed by atoms with van der Waals surface area (Å²) in [7, 11) is 0. The van der Waals surface area contributed by atoms with Crippen LogP contribution in [0.25, 0.3) is 68.3 Å². The molecule has 0 amide bonds. The number of phenolic OH excluding ortho intramolecular Hbond substituents is 4. The molecule has 15 rings (SSSR count). The summed E-state index contributed by atoms with van der Waals surface area (Å²) in [6.07, 6.45) is 0. The maximum atomic E-state index is 9.48. The molecule has 25 heteroatoms. The lowest BCUT2D eigenvalue weighted by atomic mass is 10.1. The Kier molecular flexibility index (Phi) is 12.6. The van der Waals surface area contributed by atoms with E-state index in [-0.39, 0.29) is 57.0 Å². The van der Waals surface area contributed by atoms with Crippen LogP contribution in [0.5, 0.6) is 80.5 Å². The van der Waals surface area contributed by atoms with Gasteiger partial charge in [0.1, 0.15) is 0 Å². The van der Waals surface area contributed by atoms with Crippen LogP contribution in [0.2, 0.25) is 0 Å². The van der Waals surface area contributed by atoms with Gasteiger partial charge in [-0.25, -0.2) is 14.6 Å². The van der Waals surface area contributed by atoms with Gasteiger partial charge in [0.2, 0.25) is 34.0 Å². The van der Waals surface area contributed by atoms with E-state index in [1.165, 1.54) is 28.9 Å². The summed E-state index contributed by atoms with van der Waals surface area (Å²) in [6, 6.07) is 38.0. The molecule has 7 aromatic carbocycles. The number of aromatic hydroxyl groups is 4. The van der Waals surface area contributed by atoms with Gasteiger partial charge < -0.3 is 73.6 Å². The lowest BCUT2D eigenvalue weighted by Crippen LogP contribution is -2.11. The molecule has 0 radical (unpaired) electrons. The number of ether oxygens (including phenoxy) is 10. The molecule has 79 heavy (non-hydrogen) atoms. The van der Waals surface area contributed by atoms with Crippen molar-refractivity contribution in [3.8, 4) is 155 Å². The van der Waals surface area contributed by atoms with E-state index in [9.17, 15) is 20.4 Å². The number of aromatic nitrogens is 9. The van der Waals surface area contributed by atoms with Crippen LogP contribution in [0.3, 0.4) is 0 Å². The monoisotopic (exact) mass is 1070 g/mol. The van der Waals surface area contributed by atoms with Crippen molar-refractivity contribution in [1.29, 1.82) is 5.26 Å². The predicted molar refractivity (Wildman–Crippen MR) is 274 cm³/mol. The van der Waals surface area contributed by atoms with E-state index in [0.717, 1.165) is 33.8 Å². The molecule has 0 saturated heterocycles. The lowest BCUT2D eigenvalue weighted by Gasteiger charge is -2.05. The second kappa shape index (κ2) is 20.6. The van der Waals surface area contributed by atoms with Crippen LogP contribution < -0.4 is 53.2 Å². The summed E-state index contributed by atoms with van der Waals surface area (Å²) in [6.45, 7) is 1.18. The Balaban J connectivity index is 0.000000108. The molecule has 0 fully saturated rings. The predicted octanol–water partition coefficient (Wildman–Crippen LogP) is 7.63. The quantitative estimate of drug-likeness (QED) is 0.0621. The molecular formula is C54H39N11O14. The number of H-pyrrole nitrogens is 2. The second-order valence-corrected chi connectivity index (χ2v) is 17.1. The van der Waals surface area contributed by atoms with Gasteiger partial charge in [0.25, 0.3) is 0 Å². The Morgan fingerprint density at radius 3 is 1.18 bits per heavy atom. The van der Waals surface area contributed by atoms with Crippen molar-refractivity contribution in [2.75, 3.05) is 39.8 Å². The van der Waals surface area contributed by atoms with Gasteiger partial charge in [0.05, 0.1) is 11.6 Å². The highest BCUT2D eigenvalue weighted by Crippen LogP contribution is 2.41. The SMILES string of the molecule is N#Cc1ccc2c(c1)OCO2.Nn1c(-c2ccc3c(c2)OCO3)nnc1-c1ccc2c(c1)OCO2.Oc1ccc(-c2n[nH]c(-c3ccc(O)c(O)c3)n2)cc1O.c1cc2c(cc1-c1n[nH]c(-c3ccc4c(c3)OCO4)n1)OCO2. The molecule has 394 valence electrons. The van der Waals surface area contributed by atoms with Crippen LogP contribution in [-0.4, -0.2) is 99.6 Å². The summed E-state index contributed by atoms with van der Waals surface area (Å²) >= 11 is 0. The molecule has 8 heterocycles. The van der Waals surface area contributed by atoms with Crippen molar-refractivity contribution in [3.63, 3.8) is 0 Å². The molecule has 8 N–H and O–H groups in total. The van der Waals surface area contributed by atoms with Crippen LogP contribution in [0.15, 0.2) is 127 Å². The largest absolute Gasteiger partial charge is 0.504 e. The van der Waals surface area contributed by atoms with Crippen molar-refractivity contribution in [3.05, 3.63) is 133 Å². The van der Waals surface area contributed by atoms with Gasteiger partial charge in [-0.05, 0) is 121 Å². The number of fused-ring (bicyclic) bond motifs is 5. The minimum Gasteiger partial charge on any atom is -0.504 e. The molecule has 25 nitrogen and oxygen atoms in total. The number of rotatable bonds is 6. The first kappa shape index (κ1) is 48.4. The molecule has 0 spiro atoms. The molecule has 0 unspecified atom stereocenters. The molecule has 3 aromatic heterocycles. The van der Waals surface area contributed by atoms with Crippen molar-refractivity contribution in [2.45, 2.75) is 0 Å². The molecule has 0 atom stereocenters. The zero-order chi connectivity index (χ0) is 54.0. The van der Waals surface area contributed by atoms with E-state index in [1.807, 2.05) is 78.9 Å². The number of hydrogen-bond donors (Lipinski definition) is 7. The molecule has 0 aliphatic carbocycles.